The Balaban J connectivity index is 2.07. The minimum atomic E-state index is -1.73. The van der Waals surface area contributed by atoms with Gasteiger partial charge in [-0.05, 0) is 35.8 Å². The van der Waals surface area contributed by atoms with Crippen molar-refractivity contribution in [1.29, 1.82) is 0 Å². The van der Waals surface area contributed by atoms with Gasteiger partial charge in [-0.2, -0.15) is 0 Å². The largest absolute Gasteiger partial charge is 0.415 e. The minimum Gasteiger partial charge on any atom is -0.415 e. The van der Waals surface area contributed by atoms with E-state index in [4.69, 9.17) is 4.43 Å². The third-order valence-electron chi connectivity index (χ3n) is 4.33. The fraction of sp³-hybridized carbons (Fsp3) is 0.600. The number of nitrogens with zero attached hydrogens (tertiary/aromatic N) is 3. The average molecular weight is 307 g/mol. The van der Waals surface area contributed by atoms with E-state index >= 15 is 0 Å². The molecule has 6 heteroatoms. The highest BCUT2D eigenvalue weighted by Gasteiger charge is 2.36. The minimum absolute atomic E-state index is 0.0294. The van der Waals surface area contributed by atoms with Gasteiger partial charge in [0.15, 0.2) is 8.32 Å². The van der Waals surface area contributed by atoms with Gasteiger partial charge in [0, 0.05) is 0 Å². The first-order valence-electron chi connectivity index (χ1n) is 7.31. The monoisotopic (exact) mass is 307 g/mol. The molecule has 0 radical (unpaired) electrons. The molecule has 0 aliphatic heterocycles. The van der Waals surface area contributed by atoms with Crippen molar-refractivity contribution in [3.05, 3.63) is 23.8 Å². The Morgan fingerprint density at radius 1 is 1.29 bits per heavy atom. The molecule has 116 valence electrons. The second-order valence-electron chi connectivity index (χ2n) is 6.90. The molecule has 5 nitrogen and oxygen atoms in total. The number of aromatic nitrogens is 3. The molecule has 0 aliphatic rings. The maximum Gasteiger partial charge on any atom is 0.192 e. The molecule has 0 amide bonds. The Hall–Kier alpha value is -1.24. The maximum absolute atomic E-state index is 9.23. The number of hydrogen-bond donors (Lipinski definition) is 1. The summed E-state index contributed by atoms with van der Waals surface area (Å²) in [4.78, 5) is 0. The zero-order chi connectivity index (χ0) is 15.7. The molecule has 0 spiro atoms. The summed E-state index contributed by atoms with van der Waals surface area (Å²) >= 11 is 0. The Morgan fingerprint density at radius 3 is 2.62 bits per heavy atom. The lowest BCUT2D eigenvalue weighted by Crippen LogP contribution is -2.41. The van der Waals surface area contributed by atoms with Crippen molar-refractivity contribution < 1.29 is 9.53 Å². The molecule has 0 unspecified atom stereocenters. The molecule has 2 rings (SSSR count). The zero-order valence-electron chi connectivity index (χ0n) is 13.6. The molecule has 0 aliphatic carbocycles. The van der Waals surface area contributed by atoms with E-state index in [0.717, 1.165) is 16.6 Å². The van der Waals surface area contributed by atoms with Gasteiger partial charge in [0.1, 0.15) is 5.52 Å². The number of rotatable bonds is 5. The van der Waals surface area contributed by atoms with Crippen LogP contribution in [0.2, 0.25) is 18.1 Å². The molecule has 0 fully saturated rings. The quantitative estimate of drug-likeness (QED) is 0.863. The number of fused-ring (bicyclic) bond motifs is 1. The van der Waals surface area contributed by atoms with Gasteiger partial charge in [-0.15, -0.1) is 5.10 Å². The molecule has 21 heavy (non-hydrogen) atoms. The van der Waals surface area contributed by atoms with Gasteiger partial charge >= 0.3 is 0 Å². The highest BCUT2D eigenvalue weighted by Crippen LogP contribution is 2.36. The van der Waals surface area contributed by atoms with E-state index in [2.05, 4.69) is 44.2 Å². The lowest BCUT2D eigenvalue weighted by Gasteiger charge is -2.36. The third-order valence-corrected chi connectivity index (χ3v) is 8.87. The Kier molecular flexibility index (Phi) is 4.51. The van der Waals surface area contributed by atoms with Gasteiger partial charge in [-0.1, -0.05) is 32.1 Å². The predicted molar refractivity (Wildman–Crippen MR) is 86.6 cm³/mol. The van der Waals surface area contributed by atoms with E-state index in [0.29, 0.717) is 13.2 Å². The smallest absolute Gasteiger partial charge is 0.192 e. The van der Waals surface area contributed by atoms with Crippen molar-refractivity contribution in [1.82, 2.24) is 15.0 Å². The molecule has 0 atom stereocenters. The summed E-state index contributed by atoms with van der Waals surface area (Å²) < 4.78 is 8.02. The van der Waals surface area contributed by atoms with Gasteiger partial charge < -0.3 is 9.53 Å². The molecule has 1 heterocycles. The first-order valence-corrected chi connectivity index (χ1v) is 10.2. The highest BCUT2D eigenvalue weighted by molar-refractivity contribution is 6.74. The Morgan fingerprint density at radius 2 is 2.00 bits per heavy atom. The van der Waals surface area contributed by atoms with E-state index < -0.39 is 8.32 Å². The van der Waals surface area contributed by atoms with Gasteiger partial charge in [0.25, 0.3) is 0 Å². The normalized spacial score (nSPS) is 13.0. The lowest BCUT2D eigenvalue weighted by atomic mass is 10.2. The van der Waals surface area contributed by atoms with Gasteiger partial charge in [-0.25, -0.2) is 4.68 Å². The summed E-state index contributed by atoms with van der Waals surface area (Å²) in [7, 11) is -1.73. The molecule has 1 aromatic carbocycles. The average Bonchev–Trinajstić information content (AvgIpc) is 2.79. The van der Waals surface area contributed by atoms with Gasteiger partial charge in [0.05, 0.1) is 25.3 Å². The van der Waals surface area contributed by atoms with Crippen molar-refractivity contribution in [3.63, 3.8) is 0 Å². The van der Waals surface area contributed by atoms with Crippen LogP contribution in [0.3, 0.4) is 0 Å². The topological polar surface area (TPSA) is 60.2 Å². The second-order valence-corrected chi connectivity index (χ2v) is 11.7. The number of aliphatic hydroxyl groups excluding tert-OH is 1. The van der Waals surface area contributed by atoms with Crippen LogP contribution in [0.5, 0.6) is 0 Å². The summed E-state index contributed by atoms with van der Waals surface area (Å²) in [5, 5.41) is 17.8. The van der Waals surface area contributed by atoms with Crippen molar-refractivity contribution in [2.24, 2.45) is 0 Å². The van der Waals surface area contributed by atoms with Crippen LogP contribution in [0.1, 0.15) is 26.3 Å². The van der Waals surface area contributed by atoms with Crippen LogP contribution in [0, 0.1) is 0 Å². The summed E-state index contributed by atoms with van der Waals surface area (Å²) in [6.45, 7) is 12.5. The molecule has 0 saturated carbocycles. The molecule has 0 saturated heterocycles. The summed E-state index contributed by atoms with van der Waals surface area (Å²) in [6.07, 6.45) is 0. The fourth-order valence-electron chi connectivity index (χ4n) is 1.88. The molecule has 0 bridgehead atoms. The first-order chi connectivity index (χ1) is 9.74. The SMILES string of the molecule is CC(C)(C)[Si](C)(C)OCCn1nnc2ccc(CO)cc21. The standard InChI is InChI=1S/C15H25N3O2Si/c1-15(2,3)21(4,5)20-9-8-18-14-10-12(11-19)6-7-13(14)16-17-18/h6-7,10,19H,8-9,11H2,1-5H3. The zero-order valence-corrected chi connectivity index (χ0v) is 14.6. The maximum atomic E-state index is 9.23. The van der Waals surface area contributed by atoms with E-state index in [1.807, 2.05) is 22.9 Å². The summed E-state index contributed by atoms with van der Waals surface area (Å²) in [6, 6.07) is 5.69. The summed E-state index contributed by atoms with van der Waals surface area (Å²) in [5.41, 5.74) is 2.66. The Bertz CT molecular complexity index is 617. The highest BCUT2D eigenvalue weighted by atomic mass is 28.4. The summed E-state index contributed by atoms with van der Waals surface area (Å²) in [5.74, 6) is 0. The van der Waals surface area contributed by atoms with Crippen LogP contribution < -0.4 is 0 Å². The van der Waals surface area contributed by atoms with Crippen LogP contribution in [0.4, 0.5) is 0 Å². The van der Waals surface area contributed by atoms with Crippen LogP contribution in [0.25, 0.3) is 11.0 Å². The number of benzene rings is 1. The molecular weight excluding hydrogens is 282 g/mol. The van der Waals surface area contributed by atoms with Crippen LogP contribution in [-0.2, 0) is 17.6 Å². The molecule has 2 aromatic rings. The van der Waals surface area contributed by atoms with Crippen molar-refractivity contribution >= 4 is 19.4 Å². The van der Waals surface area contributed by atoms with E-state index in [-0.39, 0.29) is 11.6 Å². The molecule has 1 aromatic heterocycles. The number of hydrogen-bond acceptors (Lipinski definition) is 4. The van der Waals surface area contributed by atoms with Gasteiger partial charge in [-0.3, -0.25) is 0 Å². The lowest BCUT2D eigenvalue weighted by molar-refractivity contribution is 0.266. The van der Waals surface area contributed by atoms with Crippen molar-refractivity contribution in [2.75, 3.05) is 6.61 Å². The fourth-order valence-corrected chi connectivity index (χ4v) is 2.91. The van der Waals surface area contributed by atoms with E-state index in [1.54, 1.807) is 0 Å². The van der Waals surface area contributed by atoms with E-state index in [1.165, 1.54) is 0 Å². The van der Waals surface area contributed by atoms with Gasteiger partial charge in [0.2, 0.25) is 0 Å². The third kappa shape index (κ3) is 3.51. The predicted octanol–water partition coefficient (Wildman–Crippen LogP) is 2.95. The van der Waals surface area contributed by atoms with E-state index in [9.17, 15) is 5.11 Å². The first kappa shape index (κ1) is 16.1. The van der Waals surface area contributed by atoms with Crippen molar-refractivity contribution in [2.45, 2.75) is 52.1 Å². The Labute approximate surface area is 127 Å². The van der Waals surface area contributed by atoms with Crippen molar-refractivity contribution in [3.8, 4) is 0 Å². The number of aliphatic hydroxyl groups is 1. The molecule has 1 N–H and O–H groups in total. The van der Waals surface area contributed by atoms with Crippen LogP contribution in [0.15, 0.2) is 18.2 Å². The molecular formula is C15H25N3O2Si. The van der Waals surface area contributed by atoms with Crippen LogP contribution in [-0.4, -0.2) is 35.0 Å². The second kappa shape index (κ2) is 5.86. The van der Waals surface area contributed by atoms with Crippen LogP contribution >= 0.6 is 0 Å².